The summed E-state index contributed by atoms with van der Waals surface area (Å²) in [6.07, 6.45) is 27.1. The Morgan fingerprint density at radius 2 is 1.15 bits per heavy atom. The zero-order valence-corrected chi connectivity index (χ0v) is 37.7. The first kappa shape index (κ1) is 54.6. The van der Waals surface area contributed by atoms with Crippen LogP contribution in [-0.2, 0) is 23.9 Å². The van der Waals surface area contributed by atoms with Crippen LogP contribution in [0.3, 0.4) is 0 Å². The van der Waals surface area contributed by atoms with Crippen molar-refractivity contribution in [2.75, 3.05) is 19.7 Å². The molecule has 1 rings (SSSR count). The Hall–Kier alpha value is -2.42. The van der Waals surface area contributed by atoms with Crippen LogP contribution in [0.15, 0.2) is 12.2 Å². The second kappa shape index (κ2) is 33.2. The Morgan fingerprint density at radius 1 is 0.695 bits per heavy atom. The van der Waals surface area contributed by atoms with E-state index in [0.29, 0.717) is 12.8 Å². The van der Waals surface area contributed by atoms with Crippen molar-refractivity contribution >= 4 is 23.6 Å². The smallest absolute Gasteiger partial charge is 0.252 e. The van der Waals surface area contributed by atoms with Crippen molar-refractivity contribution in [3.05, 3.63) is 12.2 Å². The Balaban J connectivity index is 3.15. The van der Waals surface area contributed by atoms with Gasteiger partial charge in [0.05, 0.1) is 31.3 Å². The molecule has 6 atom stereocenters. The molecular formula is C46H87N5O8. The molecule has 0 bridgehead atoms. The molecular weight excluding hydrogens is 751 g/mol. The Morgan fingerprint density at radius 3 is 1.61 bits per heavy atom. The lowest BCUT2D eigenvalue weighted by molar-refractivity contribution is -0.312. The molecule has 1 aliphatic rings. The van der Waals surface area contributed by atoms with Gasteiger partial charge in [-0.05, 0) is 52.4 Å². The summed E-state index contributed by atoms with van der Waals surface area (Å²) in [6.45, 7) is 5.95. The van der Waals surface area contributed by atoms with E-state index in [2.05, 4.69) is 31.3 Å². The van der Waals surface area contributed by atoms with Crippen LogP contribution in [0.25, 0.3) is 0 Å². The van der Waals surface area contributed by atoms with Gasteiger partial charge < -0.3 is 36.8 Å². The fourth-order valence-corrected chi connectivity index (χ4v) is 7.77. The molecule has 0 radical (unpaired) electrons. The van der Waals surface area contributed by atoms with Gasteiger partial charge in [0.15, 0.2) is 0 Å². The van der Waals surface area contributed by atoms with E-state index in [0.717, 1.165) is 69.1 Å². The van der Waals surface area contributed by atoms with Gasteiger partial charge in [0.2, 0.25) is 23.6 Å². The number of carbonyl (C=O) groups is 4. The third-order valence-corrected chi connectivity index (χ3v) is 11.4. The third-order valence-electron chi connectivity index (χ3n) is 11.4. The summed E-state index contributed by atoms with van der Waals surface area (Å²) in [4.78, 5) is 56.9. The molecule has 1 heterocycles. The molecule has 1 fully saturated rings. The molecule has 344 valence electrons. The number of amides is 4. The number of rotatable bonds is 35. The van der Waals surface area contributed by atoms with Gasteiger partial charge in [0, 0.05) is 19.4 Å². The number of ether oxygens (including phenoxy) is 1. The zero-order valence-electron chi connectivity index (χ0n) is 37.7. The monoisotopic (exact) mass is 838 g/mol. The fraction of sp³-hybridized carbons (Fsp3) is 0.870. The van der Waals surface area contributed by atoms with Crippen LogP contribution in [0.2, 0.25) is 0 Å². The highest BCUT2D eigenvalue weighted by Crippen LogP contribution is 2.38. The van der Waals surface area contributed by atoms with Crippen molar-refractivity contribution in [2.45, 2.75) is 237 Å². The van der Waals surface area contributed by atoms with Gasteiger partial charge in [-0.2, -0.15) is 0 Å². The molecule has 13 nitrogen and oxygen atoms in total. The topological polar surface area (TPSA) is 209 Å². The van der Waals surface area contributed by atoms with Crippen molar-refractivity contribution < 1.29 is 39.2 Å². The van der Waals surface area contributed by atoms with Crippen LogP contribution in [0.4, 0.5) is 0 Å². The zero-order chi connectivity index (χ0) is 43.9. The van der Waals surface area contributed by atoms with Crippen molar-refractivity contribution in [1.82, 2.24) is 15.1 Å². The van der Waals surface area contributed by atoms with Crippen LogP contribution in [-0.4, -0.2) is 105 Å². The molecule has 1 aliphatic heterocycles. The molecule has 0 spiro atoms. The number of allylic oxidation sites excluding steroid dienone is 2. The number of nitrogens with two attached hydrogens (primary N) is 2. The van der Waals surface area contributed by atoms with E-state index in [1.54, 1.807) is 0 Å². The lowest BCUT2D eigenvalue weighted by atomic mass is 9.94. The van der Waals surface area contributed by atoms with E-state index >= 15 is 0 Å². The minimum absolute atomic E-state index is 0.0878. The second-order valence-corrected chi connectivity index (χ2v) is 17.0. The first-order valence-electron chi connectivity index (χ1n) is 23.6. The molecule has 0 aliphatic carbocycles. The largest absolute Gasteiger partial charge is 0.394 e. The van der Waals surface area contributed by atoms with E-state index in [9.17, 15) is 34.5 Å². The molecule has 1 saturated heterocycles. The Bertz CT molecular complexity index is 1170. The molecule has 0 aromatic carbocycles. The summed E-state index contributed by atoms with van der Waals surface area (Å²) in [6, 6.07) is -2.18. The number of hydrogen-bond donors (Lipinski definition) is 6. The summed E-state index contributed by atoms with van der Waals surface area (Å²) in [5, 5.41) is 34.8. The highest BCUT2D eigenvalue weighted by Gasteiger charge is 2.58. The molecule has 0 saturated carbocycles. The molecule has 0 aromatic heterocycles. The van der Waals surface area contributed by atoms with Crippen LogP contribution < -0.4 is 16.8 Å². The summed E-state index contributed by atoms with van der Waals surface area (Å²) in [5.74, 6) is -5.10. The van der Waals surface area contributed by atoms with E-state index in [-0.39, 0.29) is 18.9 Å². The van der Waals surface area contributed by atoms with Crippen molar-refractivity contribution in [3.63, 3.8) is 0 Å². The number of unbranched alkanes of at least 4 members (excludes halogenated alkanes) is 22. The van der Waals surface area contributed by atoms with Crippen molar-refractivity contribution in [1.29, 1.82) is 0 Å². The third kappa shape index (κ3) is 21.8. The lowest BCUT2D eigenvalue weighted by Gasteiger charge is -2.54. The lowest BCUT2D eigenvalue weighted by Crippen LogP contribution is -2.75. The number of nitrogens with one attached hydrogen (secondary N) is 1. The van der Waals surface area contributed by atoms with E-state index in [1.807, 2.05) is 0 Å². The number of nitrogens with zero attached hydrogens (tertiary/aromatic N) is 2. The molecule has 8 N–H and O–H groups in total. The normalized spacial score (nSPS) is 20.4. The summed E-state index contributed by atoms with van der Waals surface area (Å²) in [7, 11) is 0. The van der Waals surface area contributed by atoms with Gasteiger partial charge in [-0.25, -0.2) is 4.90 Å². The van der Waals surface area contributed by atoms with Crippen LogP contribution in [0.1, 0.15) is 201 Å². The number of aliphatic hydroxyl groups excluding tert-OH is 3. The first-order valence-corrected chi connectivity index (χ1v) is 23.6. The van der Waals surface area contributed by atoms with Gasteiger partial charge in [0.25, 0.3) is 5.91 Å². The maximum absolute atomic E-state index is 14.4. The van der Waals surface area contributed by atoms with E-state index in [1.165, 1.54) is 102 Å². The summed E-state index contributed by atoms with van der Waals surface area (Å²) < 4.78 is 6.31. The average Bonchev–Trinajstić information content (AvgIpc) is 3.21. The van der Waals surface area contributed by atoms with Gasteiger partial charge in [-0.1, -0.05) is 148 Å². The second-order valence-electron chi connectivity index (χ2n) is 17.0. The molecule has 0 aromatic rings. The van der Waals surface area contributed by atoms with E-state index < -0.39 is 73.5 Å². The maximum Gasteiger partial charge on any atom is 0.252 e. The van der Waals surface area contributed by atoms with Crippen molar-refractivity contribution in [3.8, 4) is 0 Å². The highest BCUT2D eigenvalue weighted by atomic mass is 16.6. The van der Waals surface area contributed by atoms with Crippen LogP contribution in [0.5, 0.6) is 0 Å². The predicted molar refractivity (Wildman–Crippen MR) is 236 cm³/mol. The van der Waals surface area contributed by atoms with Gasteiger partial charge in [-0.3, -0.25) is 24.1 Å². The summed E-state index contributed by atoms with van der Waals surface area (Å²) in [5.41, 5.74) is 11.8. The van der Waals surface area contributed by atoms with Gasteiger partial charge >= 0.3 is 0 Å². The fourth-order valence-electron chi connectivity index (χ4n) is 7.77. The van der Waals surface area contributed by atoms with Crippen molar-refractivity contribution in [2.24, 2.45) is 11.5 Å². The van der Waals surface area contributed by atoms with Gasteiger partial charge in [0.1, 0.15) is 12.2 Å². The number of hydrogen-bond acceptors (Lipinski definition) is 10. The maximum atomic E-state index is 14.4. The van der Waals surface area contributed by atoms with E-state index in [4.69, 9.17) is 16.2 Å². The van der Waals surface area contributed by atoms with Crippen LogP contribution in [0, 0.1) is 0 Å². The quantitative estimate of drug-likeness (QED) is 0.0222. The highest BCUT2D eigenvalue weighted by molar-refractivity contribution is 6.00. The average molecular weight is 838 g/mol. The SMILES string of the molecule is CCCCCCCC/C=C\CCCCCCCC(=O)N(CCCCCCCCCCCCCC)[C@@]1(N(C(=O)CNC(=O)[C@H](C)N)C(=O)[C@H](C)N)C[C@@H](O)[C@H](O)[C@@H](CO)O1. The Labute approximate surface area is 357 Å². The minimum Gasteiger partial charge on any atom is -0.394 e. The molecule has 4 amide bonds. The minimum atomic E-state index is -2.23. The number of imide groups is 1. The molecule has 0 unspecified atom stereocenters. The standard InChI is InChI=1S/C46H87N5O8/c1-5-7-9-11-13-15-17-19-20-21-22-24-26-28-30-32-41(54)50(33-31-29-27-25-23-18-16-14-12-10-8-6-2)46(34-39(53)43(56)40(36-52)59-46)51(45(58)38(4)48)42(55)35-49-44(57)37(3)47/h19-20,37-40,43,52-53,56H,5-18,21-36,47-48H2,1-4H3,(H,49,57)/b20-19-/t37-,38-,39+,40+,43-,46+/m0/s1. The number of carbonyl (C=O) groups excluding carboxylic acids is 4. The number of aliphatic hydroxyl groups is 3. The first-order chi connectivity index (χ1) is 28.4. The molecule has 59 heavy (non-hydrogen) atoms. The molecule has 13 heteroatoms. The van der Waals surface area contributed by atoms with Gasteiger partial charge in [-0.15, -0.1) is 0 Å². The summed E-state index contributed by atoms with van der Waals surface area (Å²) >= 11 is 0. The Kier molecular flexibility index (Phi) is 30.8. The predicted octanol–water partition coefficient (Wildman–Crippen LogP) is 6.88. The van der Waals surface area contributed by atoms with Crippen LogP contribution >= 0.6 is 0 Å².